The summed E-state index contributed by atoms with van der Waals surface area (Å²) in [5, 5.41) is 15.0. The molecule has 0 aliphatic rings. The maximum atomic E-state index is 12.2. The zero-order valence-corrected chi connectivity index (χ0v) is 13.0. The Morgan fingerprint density at radius 1 is 1.30 bits per heavy atom. The summed E-state index contributed by atoms with van der Waals surface area (Å²) >= 11 is 0. The van der Waals surface area contributed by atoms with Crippen LogP contribution in [0.1, 0.15) is 16.1 Å². The fourth-order valence-electron chi connectivity index (χ4n) is 2.24. The fourth-order valence-corrected chi connectivity index (χ4v) is 2.24. The monoisotopic (exact) mass is 311 g/mol. The molecular weight excluding hydrogens is 294 g/mol. The van der Waals surface area contributed by atoms with E-state index in [1.165, 1.54) is 10.8 Å². The second-order valence-corrected chi connectivity index (χ2v) is 5.16. The lowest BCUT2D eigenvalue weighted by molar-refractivity contribution is 0.0931. The van der Waals surface area contributed by atoms with Crippen molar-refractivity contribution < 1.29 is 9.53 Å². The number of rotatable bonds is 5. The molecular formula is C16H17N5O2. The Morgan fingerprint density at radius 3 is 2.83 bits per heavy atom. The number of benzene rings is 1. The molecule has 0 spiro atoms. The molecule has 7 heteroatoms. The number of fused-ring (bicyclic) bond motifs is 1. The van der Waals surface area contributed by atoms with E-state index in [1.807, 2.05) is 31.2 Å². The van der Waals surface area contributed by atoms with E-state index in [2.05, 4.69) is 20.6 Å². The third kappa shape index (κ3) is 3.19. The number of hydrogen-bond donors (Lipinski definition) is 1. The van der Waals surface area contributed by atoms with Crippen LogP contribution in [0.4, 0.5) is 0 Å². The summed E-state index contributed by atoms with van der Waals surface area (Å²) in [5.41, 5.74) is 3.86. The van der Waals surface area contributed by atoms with Crippen LogP contribution < -0.4 is 5.32 Å². The number of nitrogens with one attached hydrogen (secondary N) is 1. The van der Waals surface area contributed by atoms with Gasteiger partial charge in [0.15, 0.2) is 5.65 Å². The van der Waals surface area contributed by atoms with Gasteiger partial charge in [-0.15, -0.1) is 10.2 Å². The van der Waals surface area contributed by atoms with Gasteiger partial charge in [-0.25, -0.2) is 0 Å². The maximum absolute atomic E-state index is 12.2. The molecule has 7 nitrogen and oxygen atoms in total. The van der Waals surface area contributed by atoms with Gasteiger partial charge in [-0.05, 0) is 18.6 Å². The van der Waals surface area contributed by atoms with Crippen LogP contribution in [0.15, 0.2) is 36.7 Å². The van der Waals surface area contributed by atoms with Gasteiger partial charge in [-0.2, -0.15) is 9.61 Å². The van der Waals surface area contributed by atoms with Crippen molar-refractivity contribution in [1.29, 1.82) is 0 Å². The third-order valence-electron chi connectivity index (χ3n) is 3.45. The van der Waals surface area contributed by atoms with Gasteiger partial charge < -0.3 is 10.1 Å². The summed E-state index contributed by atoms with van der Waals surface area (Å²) in [6, 6.07) is 9.75. The number of aromatic nitrogens is 4. The normalized spacial score (nSPS) is 10.9. The molecule has 2 aromatic heterocycles. The quantitative estimate of drug-likeness (QED) is 0.722. The van der Waals surface area contributed by atoms with E-state index in [9.17, 15) is 4.79 Å². The van der Waals surface area contributed by atoms with E-state index in [-0.39, 0.29) is 5.91 Å². The Balaban J connectivity index is 2.01. The predicted octanol–water partition coefficient (Wildman–Crippen LogP) is 1.48. The highest BCUT2D eigenvalue weighted by Crippen LogP contribution is 2.24. The zero-order chi connectivity index (χ0) is 16.2. The molecule has 1 aromatic carbocycles. The lowest BCUT2D eigenvalue weighted by Gasteiger charge is -2.08. The Morgan fingerprint density at radius 2 is 2.09 bits per heavy atom. The van der Waals surface area contributed by atoms with Crippen molar-refractivity contribution in [3.8, 4) is 11.1 Å². The van der Waals surface area contributed by atoms with Gasteiger partial charge in [0, 0.05) is 19.2 Å². The van der Waals surface area contributed by atoms with Crippen LogP contribution in [0.5, 0.6) is 0 Å². The standard InChI is InChI=1S/C16H17N5O2/c1-11-3-5-12(6-4-11)13-9-14(16(22)17-7-8-23-2)20-21-10-18-19-15(13)21/h3-6,9-10H,7-8H2,1-2H3,(H,17,22). The van der Waals surface area contributed by atoms with Gasteiger partial charge in [0.2, 0.25) is 0 Å². The van der Waals surface area contributed by atoms with Crippen LogP contribution in [-0.2, 0) is 4.74 Å². The van der Waals surface area contributed by atoms with Crippen molar-refractivity contribution in [3.63, 3.8) is 0 Å². The molecule has 0 radical (unpaired) electrons. The van der Waals surface area contributed by atoms with Crippen molar-refractivity contribution in [2.45, 2.75) is 6.92 Å². The molecule has 2 heterocycles. The van der Waals surface area contributed by atoms with Crippen molar-refractivity contribution in [1.82, 2.24) is 25.1 Å². The maximum Gasteiger partial charge on any atom is 0.271 e. The predicted molar refractivity (Wildman–Crippen MR) is 85.2 cm³/mol. The molecule has 0 saturated carbocycles. The lowest BCUT2D eigenvalue weighted by Crippen LogP contribution is -2.28. The number of nitrogens with zero attached hydrogens (tertiary/aromatic N) is 4. The van der Waals surface area contributed by atoms with Gasteiger partial charge in [0.25, 0.3) is 5.91 Å². The molecule has 0 aliphatic heterocycles. The number of hydrogen-bond acceptors (Lipinski definition) is 5. The Kier molecular flexibility index (Phi) is 4.29. The summed E-state index contributed by atoms with van der Waals surface area (Å²) < 4.78 is 6.44. The van der Waals surface area contributed by atoms with Crippen LogP contribution in [-0.4, -0.2) is 46.0 Å². The number of carbonyl (C=O) groups excluding carboxylic acids is 1. The molecule has 1 N–H and O–H groups in total. The van der Waals surface area contributed by atoms with Crippen LogP contribution in [0, 0.1) is 6.92 Å². The minimum Gasteiger partial charge on any atom is -0.383 e. The highest BCUT2D eigenvalue weighted by atomic mass is 16.5. The van der Waals surface area contributed by atoms with Crippen LogP contribution in [0.25, 0.3) is 16.8 Å². The minimum absolute atomic E-state index is 0.258. The molecule has 118 valence electrons. The second kappa shape index (κ2) is 6.53. The molecule has 0 fully saturated rings. The summed E-state index contributed by atoms with van der Waals surface area (Å²) in [5.74, 6) is -0.258. The molecule has 0 bridgehead atoms. The first-order valence-electron chi connectivity index (χ1n) is 7.24. The Labute approximate surface area is 133 Å². The molecule has 0 aliphatic carbocycles. The van der Waals surface area contributed by atoms with E-state index in [1.54, 1.807) is 13.2 Å². The van der Waals surface area contributed by atoms with Gasteiger partial charge in [-0.3, -0.25) is 4.79 Å². The highest BCUT2D eigenvalue weighted by molar-refractivity contribution is 5.94. The Hall–Kier alpha value is -2.80. The third-order valence-corrected chi connectivity index (χ3v) is 3.45. The molecule has 1 amide bonds. The molecule has 0 atom stereocenters. The summed E-state index contributed by atoms with van der Waals surface area (Å²) in [7, 11) is 1.59. The number of amides is 1. The lowest BCUT2D eigenvalue weighted by atomic mass is 10.0. The first-order valence-corrected chi connectivity index (χ1v) is 7.24. The van der Waals surface area contributed by atoms with Crippen LogP contribution in [0.3, 0.4) is 0 Å². The SMILES string of the molecule is COCCNC(=O)c1cc(-c2ccc(C)cc2)c2nncn2n1. The second-order valence-electron chi connectivity index (χ2n) is 5.16. The van der Waals surface area contributed by atoms with E-state index >= 15 is 0 Å². The summed E-state index contributed by atoms with van der Waals surface area (Å²) in [6.45, 7) is 2.90. The van der Waals surface area contributed by atoms with Crippen molar-refractivity contribution >= 4 is 11.6 Å². The summed E-state index contributed by atoms with van der Waals surface area (Å²) in [4.78, 5) is 12.2. The molecule has 0 saturated heterocycles. The molecule has 3 rings (SSSR count). The fraction of sp³-hybridized carbons (Fsp3) is 0.250. The first-order chi connectivity index (χ1) is 11.2. The average Bonchev–Trinajstić information content (AvgIpc) is 3.03. The van der Waals surface area contributed by atoms with E-state index in [0.29, 0.717) is 24.5 Å². The number of methoxy groups -OCH3 is 1. The number of carbonyl (C=O) groups is 1. The van der Waals surface area contributed by atoms with Crippen molar-refractivity contribution in [2.24, 2.45) is 0 Å². The molecule has 3 aromatic rings. The van der Waals surface area contributed by atoms with Gasteiger partial charge in [-0.1, -0.05) is 29.8 Å². The van der Waals surface area contributed by atoms with Gasteiger partial charge in [0.1, 0.15) is 12.0 Å². The van der Waals surface area contributed by atoms with Crippen LogP contribution >= 0.6 is 0 Å². The smallest absolute Gasteiger partial charge is 0.271 e. The minimum atomic E-state index is -0.258. The zero-order valence-electron chi connectivity index (χ0n) is 13.0. The van der Waals surface area contributed by atoms with Crippen molar-refractivity contribution in [2.75, 3.05) is 20.3 Å². The highest BCUT2D eigenvalue weighted by Gasteiger charge is 2.14. The largest absolute Gasteiger partial charge is 0.383 e. The molecule has 0 unspecified atom stereocenters. The van der Waals surface area contributed by atoms with Crippen LogP contribution in [0.2, 0.25) is 0 Å². The Bertz CT molecular complexity index is 826. The van der Waals surface area contributed by atoms with E-state index < -0.39 is 0 Å². The van der Waals surface area contributed by atoms with Gasteiger partial charge in [0.05, 0.1) is 6.61 Å². The van der Waals surface area contributed by atoms with E-state index in [0.717, 1.165) is 16.7 Å². The number of aryl methyl sites for hydroxylation is 1. The van der Waals surface area contributed by atoms with E-state index in [4.69, 9.17) is 4.74 Å². The molecule has 23 heavy (non-hydrogen) atoms. The summed E-state index contributed by atoms with van der Waals surface area (Å²) in [6.07, 6.45) is 1.49. The number of ether oxygens (including phenoxy) is 1. The average molecular weight is 311 g/mol. The van der Waals surface area contributed by atoms with Gasteiger partial charge >= 0.3 is 0 Å². The first kappa shape index (κ1) is 15.1. The van der Waals surface area contributed by atoms with Crippen molar-refractivity contribution in [3.05, 3.63) is 47.9 Å². The topological polar surface area (TPSA) is 81.4 Å².